The average molecular weight is 491 g/mol. The summed E-state index contributed by atoms with van der Waals surface area (Å²) in [6, 6.07) is 15.3. The summed E-state index contributed by atoms with van der Waals surface area (Å²) in [5, 5.41) is 7.20. The minimum atomic E-state index is -0.134. The van der Waals surface area contributed by atoms with Gasteiger partial charge in [0.25, 0.3) is 0 Å². The second kappa shape index (κ2) is 8.61. The van der Waals surface area contributed by atoms with Crippen molar-refractivity contribution >= 4 is 72.4 Å². The van der Waals surface area contributed by atoms with Gasteiger partial charge in [0, 0.05) is 15.4 Å². The molecule has 0 aliphatic heterocycles. The first-order chi connectivity index (χ1) is 13.6. The molecule has 0 bridgehead atoms. The zero-order valence-electron chi connectivity index (χ0n) is 14.4. The maximum atomic E-state index is 12.4. The number of carbonyl (C=O) groups is 1. The number of hydrogen-bond donors (Lipinski definition) is 1. The Labute approximate surface area is 183 Å². The molecule has 0 unspecified atom stereocenters. The number of nitrogens with zero attached hydrogens (tertiary/aromatic N) is 2. The van der Waals surface area contributed by atoms with Crippen molar-refractivity contribution in [2.45, 2.75) is 5.03 Å². The van der Waals surface area contributed by atoms with E-state index in [-0.39, 0.29) is 11.7 Å². The van der Waals surface area contributed by atoms with Crippen molar-refractivity contribution < 1.29 is 4.79 Å². The van der Waals surface area contributed by atoms with Crippen molar-refractivity contribution in [2.24, 2.45) is 0 Å². The number of aromatic nitrogens is 2. The van der Waals surface area contributed by atoms with Crippen molar-refractivity contribution in [1.82, 2.24) is 9.97 Å². The van der Waals surface area contributed by atoms with Gasteiger partial charge in [0.1, 0.15) is 16.2 Å². The van der Waals surface area contributed by atoms with E-state index in [0.29, 0.717) is 10.7 Å². The van der Waals surface area contributed by atoms with Crippen molar-refractivity contribution in [2.75, 3.05) is 11.1 Å². The molecule has 2 aromatic carbocycles. The highest BCUT2D eigenvalue weighted by molar-refractivity contribution is 9.10. The lowest BCUT2D eigenvalue weighted by atomic mass is 10.1. The molecule has 0 atom stereocenters. The molecule has 4 aromatic rings. The average Bonchev–Trinajstić information content (AvgIpc) is 3.13. The van der Waals surface area contributed by atoms with E-state index in [1.165, 1.54) is 11.8 Å². The van der Waals surface area contributed by atoms with Gasteiger partial charge in [-0.15, -0.1) is 11.3 Å². The maximum Gasteiger partial charge on any atom is 0.234 e. The summed E-state index contributed by atoms with van der Waals surface area (Å²) in [6.07, 6.45) is 1.54. The summed E-state index contributed by atoms with van der Waals surface area (Å²) < 4.78 is 1.03. The Morgan fingerprint density at radius 2 is 1.93 bits per heavy atom. The van der Waals surface area contributed by atoms with E-state index in [1.807, 2.05) is 24.3 Å². The highest BCUT2D eigenvalue weighted by Gasteiger charge is 2.15. The van der Waals surface area contributed by atoms with Crippen LogP contribution in [0.2, 0.25) is 5.02 Å². The van der Waals surface area contributed by atoms with Gasteiger partial charge in [0.05, 0.1) is 21.8 Å². The van der Waals surface area contributed by atoms with E-state index < -0.39 is 0 Å². The molecule has 0 aliphatic rings. The summed E-state index contributed by atoms with van der Waals surface area (Å²) in [6.45, 7) is 0. The standard InChI is InChI=1S/C20H13BrClN3OS2/c21-13-7-5-12(6-8-13)14-9-27-19-18(14)20(24-11-23-19)28-10-17(26)25-16-4-2-1-3-15(16)22/h1-9,11H,10H2,(H,25,26). The van der Waals surface area contributed by atoms with Crippen LogP contribution in [0, 0.1) is 0 Å². The van der Waals surface area contributed by atoms with Gasteiger partial charge >= 0.3 is 0 Å². The predicted octanol–water partition coefficient (Wildman–Crippen LogP) is 6.51. The number of para-hydroxylation sites is 1. The molecule has 8 heteroatoms. The molecule has 0 aliphatic carbocycles. The van der Waals surface area contributed by atoms with Gasteiger partial charge in [0.15, 0.2) is 0 Å². The topological polar surface area (TPSA) is 54.9 Å². The van der Waals surface area contributed by atoms with E-state index in [4.69, 9.17) is 11.6 Å². The van der Waals surface area contributed by atoms with Gasteiger partial charge in [-0.1, -0.05) is 63.6 Å². The molecule has 2 heterocycles. The number of carbonyl (C=O) groups excluding carboxylic acids is 1. The van der Waals surface area contributed by atoms with Gasteiger partial charge in [-0.2, -0.15) is 0 Å². The summed E-state index contributed by atoms with van der Waals surface area (Å²) in [7, 11) is 0. The molecule has 140 valence electrons. The summed E-state index contributed by atoms with van der Waals surface area (Å²) in [5.41, 5.74) is 2.77. The van der Waals surface area contributed by atoms with Gasteiger partial charge in [0.2, 0.25) is 5.91 Å². The van der Waals surface area contributed by atoms with E-state index in [1.54, 1.807) is 29.8 Å². The Morgan fingerprint density at radius 1 is 1.14 bits per heavy atom. The first-order valence-corrected chi connectivity index (χ1v) is 11.3. The highest BCUT2D eigenvalue weighted by atomic mass is 79.9. The van der Waals surface area contributed by atoms with Gasteiger partial charge in [-0.05, 0) is 29.8 Å². The Kier molecular flexibility index (Phi) is 5.96. The minimum Gasteiger partial charge on any atom is -0.324 e. The number of amides is 1. The van der Waals surface area contributed by atoms with Crippen LogP contribution < -0.4 is 5.32 Å². The van der Waals surface area contributed by atoms with E-state index in [2.05, 4.69) is 48.7 Å². The molecule has 4 rings (SSSR count). The Balaban J connectivity index is 1.57. The first-order valence-electron chi connectivity index (χ1n) is 8.27. The number of thioether (sulfide) groups is 1. The molecule has 2 aromatic heterocycles. The fraction of sp³-hybridized carbons (Fsp3) is 0.0500. The lowest BCUT2D eigenvalue weighted by molar-refractivity contribution is -0.113. The smallest absolute Gasteiger partial charge is 0.234 e. The fourth-order valence-electron chi connectivity index (χ4n) is 2.68. The van der Waals surface area contributed by atoms with Crippen molar-refractivity contribution in [3.63, 3.8) is 0 Å². The van der Waals surface area contributed by atoms with E-state index in [0.717, 1.165) is 30.8 Å². The quantitative estimate of drug-likeness (QED) is 0.256. The lowest BCUT2D eigenvalue weighted by Gasteiger charge is -2.08. The van der Waals surface area contributed by atoms with E-state index in [9.17, 15) is 4.79 Å². The third kappa shape index (κ3) is 4.22. The Morgan fingerprint density at radius 3 is 2.71 bits per heavy atom. The second-order valence-electron chi connectivity index (χ2n) is 5.83. The minimum absolute atomic E-state index is 0.134. The van der Waals surface area contributed by atoms with Crippen LogP contribution in [0.15, 0.2) is 69.7 Å². The van der Waals surface area contributed by atoms with Crippen molar-refractivity contribution in [1.29, 1.82) is 0 Å². The fourth-order valence-corrected chi connectivity index (χ4v) is 4.92. The Hall–Kier alpha value is -1.93. The number of halogens is 2. The molecule has 0 radical (unpaired) electrons. The first kappa shape index (κ1) is 19.4. The van der Waals surface area contributed by atoms with Crippen molar-refractivity contribution in [3.8, 4) is 11.1 Å². The molecular formula is C20H13BrClN3OS2. The number of thiophene rings is 1. The number of hydrogen-bond acceptors (Lipinski definition) is 5. The summed E-state index contributed by atoms with van der Waals surface area (Å²) in [5.74, 6) is 0.0951. The van der Waals surface area contributed by atoms with Gasteiger partial charge in [-0.25, -0.2) is 9.97 Å². The second-order valence-corrected chi connectivity index (χ2v) is 8.98. The molecule has 1 N–H and O–H groups in total. The third-order valence-corrected chi connectivity index (χ3v) is 6.71. The highest BCUT2D eigenvalue weighted by Crippen LogP contribution is 2.38. The zero-order chi connectivity index (χ0) is 19.5. The molecule has 0 saturated heterocycles. The molecule has 4 nitrogen and oxygen atoms in total. The van der Waals surface area contributed by atoms with Crippen LogP contribution in [0.1, 0.15) is 0 Å². The summed E-state index contributed by atoms with van der Waals surface area (Å²) >= 11 is 12.5. The van der Waals surface area contributed by atoms with E-state index >= 15 is 0 Å². The summed E-state index contributed by atoms with van der Waals surface area (Å²) in [4.78, 5) is 22.1. The number of benzene rings is 2. The maximum absolute atomic E-state index is 12.4. The molecule has 28 heavy (non-hydrogen) atoms. The predicted molar refractivity (Wildman–Crippen MR) is 121 cm³/mol. The number of fused-ring (bicyclic) bond motifs is 1. The van der Waals surface area contributed by atoms with Crippen molar-refractivity contribution in [3.05, 3.63) is 69.7 Å². The zero-order valence-corrected chi connectivity index (χ0v) is 18.3. The number of anilines is 1. The van der Waals surface area contributed by atoms with Crippen LogP contribution in [-0.2, 0) is 4.79 Å². The largest absolute Gasteiger partial charge is 0.324 e. The van der Waals surface area contributed by atoms with Crippen LogP contribution in [0.5, 0.6) is 0 Å². The third-order valence-electron chi connectivity index (χ3n) is 3.98. The molecule has 0 spiro atoms. The van der Waals surface area contributed by atoms with Gasteiger partial charge in [-0.3, -0.25) is 4.79 Å². The number of nitrogens with one attached hydrogen (secondary N) is 1. The molecule has 1 amide bonds. The molecular weight excluding hydrogens is 478 g/mol. The van der Waals surface area contributed by atoms with Crippen LogP contribution in [0.4, 0.5) is 5.69 Å². The van der Waals surface area contributed by atoms with Crippen LogP contribution in [-0.4, -0.2) is 21.6 Å². The van der Waals surface area contributed by atoms with Crippen LogP contribution in [0.25, 0.3) is 21.3 Å². The number of rotatable bonds is 5. The van der Waals surface area contributed by atoms with Crippen LogP contribution >= 0.6 is 50.6 Å². The normalized spacial score (nSPS) is 10.9. The van der Waals surface area contributed by atoms with Crippen LogP contribution in [0.3, 0.4) is 0 Å². The lowest BCUT2D eigenvalue weighted by Crippen LogP contribution is -2.14. The monoisotopic (exact) mass is 489 g/mol. The SMILES string of the molecule is O=C(CSc1ncnc2scc(-c3ccc(Br)cc3)c12)Nc1ccccc1Cl. The molecule has 0 fully saturated rings. The molecule has 0 saturated carbocycles. The Bertz CT molecular complexity index is 1150. The van der Waals surface area contributed by atoms with Gasteiger partial charge < -0.3 is 5.32 Å².